The highest BCUT2D eigenvalue weighted by molar-refractivity contribution is 7.19. The SMILES string of the molecule is Oc1ccc(Cc2sc3ccccc3c2-c2ccc(-c3ccc(O)cc3)cc2)cc1. The highest BCUT2D eigenvalue weighted by atomic mass is 32.1. The Labute approximate surface area is 179 Å². The maximum absolute atomic E-state index is 9.59. The van der Waals surface area contributed by atoms with Gasteiger partial charge in [-0.15, -0.1) is 11.3 Å². The molecule has 0 saturated heterocycles. The highest BCUT2D eigenvalue weighted by Crippen LogP contribution is 2.40. The van der Waals surface area contributed by atoms with Gasteiger partial charge in [0.15, 0.2) is 0 Å². The Bertz CT molecular complexity index is 1300. The van der Waals surface area contributed by atoms with Crippen LogP contribution in [0.1, 0.15) is 10.4 Å². The van der Waals surface area contributed by atoms with E-state index in [0.29, 0.717) is 5.75 Å². The van der Waals surface area contributed by atoms with E-state index in [1.54, 1.807) is 24.3 Å². The monoisotopic (exact) mass is 408 g/mol. The molecule has 0 aliphatic rings. The maximum Gasteiger partial charge on any atom is 0.115 e. The molecule has 0 unspecified atom stereocenters. The number of hydrogen-bond acceptors (Lipinski definition) is 3. The molecule has 0 saturated carbocycles. The summed E-state index contributed by atoms with van der Waals surface area (Å²) in [6.45, 7) is 0. The van der Waals surface area contributed by atoms with E-state index >= 15 is 0 Å². The van der Waals surface area contributed by atoms with Gasteiger partial charge in [0, 0.05) is 26.9 Å². The maximum atomic E-state index is 9.59. The van der Waals surface area contributed by atoms with Crippen LogP contribution in [0.4, 0.5) is 0 Å². The number of thiophene rings is 1. The third kappa shape index (κ3) is 3.56. The Hall–Kier alpha value is -3.56. The van der Waals surface area contributed by atoms with Gasteiger partial charge in [0.25, 0.3) is 0 Å². The minimum atomic E-state index is 0.277. The molecule has 0 fully saturated rings. The van der Waals surface area contributed by atoms with Crippen molar-refractivity contribution in [3.63, 3.8) is 0 Å². The first-order valence-corrected chi connectivity index (χ1v) is 10.7. The van der Waals surface area contributed by atoms with E-state index in [-0.39, 0.29) is 5.75 Å². The lowest BCUT2D eigenvalue weighted by molar-refractivity contribution is 0.474. The minimum absolute atomic E-state index is 0.277. The molecule has 1 aromatic heterocycles. The van der Waals surface area contributed by atoms with Crippen LogP contribution in [-0.2, 0) is 6.42 Å². The third-order valence-corrected chi connectivity index (χ3v) is 6.51. The summed E-state index contributed by atoms with van der Waals surface area (Å²) >= 11 is 1.83. The first-order chi connectivity index (χ1) is 14.7. The van der Waals surface area contributed by atoms with Crippen LogP contribution in [0.3, 0.4) is 0 Å². The van der Waals surface area contributed by atoms with Gasteiger partial charge in [0.2, 0.25) is 0 Å². The van der Waals surface area contributed by atoms with Crippen molar-refractivity contribution in [1.82, 2.24) is 0 Å². The fraction of sp³-hybridized carbons (Fsp3) is 0.0370. The van der Waals surface area contributed by atoms with Gasteiger partial charge < -0.3 is 10.2 Å². The second kappa shape index (κ2) is 7.69. The van der Waals surface area contributed by atoms with Crippen molar-refractivity contribution < 1.29 is 10.2 Å². The number of phenolic OH excluding ortho intramolecular Hbond substituents is 2. The average Bonchev–Trinajstić information content (AvgIpc) is 3.14. The van der Waals surface area contributed by atoms with Crippen LogP contribution in [0.5, 0.6) is 11.5 Å². The van der Waals surface area contributed by atoms with Crippen LogP contribution in [-0.4, -0.2) is 10.2 Å². The van der Waals surface area contributed by atoms with Crippen molar-refractivity contribution in [1.29, 1.82) is 0 Å². The van der Waals surface area contributed by atoms with Crippen LogP contribution in [0.15, 0.2) is 97.1 Å². The average molecular weight is 409 g/mol. The molecule has 0 atom stereocenters. The van der Waals surface area contributed by atoms with E-state index in [9.17, 15) is 10.2 Å². The smallest absolute Gasteiger partial charge is 0.115 e. The van der Waals surface area contributed by atoms with Crippen molar-refractivity contribution in [3.05, 3.63) is 108 Å². The Balaban J connectivity index is 1.57. The van der Waals surface area contributed by atoms with E-state index < -0.39 is 0 Å². The van der Waals surface area contributed by atoms with Gasteiger partial charge in [0.05, 0.1) is 0 Å². The number of phenols is 2. The zero-order chi connectivity index (χ0) is 20.5. The van der Waals surface area contributed by atoms with Gasteiger partial charge in [-0.25, -0.2) is 0 Å². The molecule has 5 rings (SSSR count). The second-order valence-corrected chi connectivity index (χ2v) is 8.50. The van der Waals surface area contributed by atoms with Crippen LogP contribution in [0.25, 0.3) is 32.3 Å². The number of benzene rings is 4. The summed E-state index contributed by atoms with van der Waals surface area (Å²) in [5.41, 5.74) is 5.86. The molecule has 3 heteroatoms. The molecule has 5 aromatic rings. The van der Waals surface area contributed by atoms with Crippen LogP contribution < -0.4 is 0 Å². The molecule has 2 N–H and O–H groups in total. The summed E-state index contributed by atoms with van der Waals surface area (Å²) in [7, 11) is 0. The standard InChI is InChI=1S/C27H20O2S/c28-22-13-5-18(6-14-22)17-26-27(24-3-1-2-4-25(24)30-26)21-9-7-19(8-10-21)20-11-15-23(29)16-12-20/h1-16,28-29H,17H2. The second-order valence-electron chi connectivity index (χ2n) is 7.36. The molecule has 0 aliphatic heterocycles. The van der Waals surface area contributed by atoms with Gasteiger partial charge in [-0.1, -0.05) is 66.7 Å². The van der Waals surface area contributed by atoms with Crippen molar-refractivity contribution in [2.45, 2.75) is 6.42 Å². The summed E-state index contributed by atoms with van der Waals surface area (Å²) in [6, 6.07) is 31.9. The molecule has 1 heterocycles. The zero-order valence-electron chi connectivity index (χ0n) is 16.2. The first kappa shape index (κ1) is 18.5. The minimum Gasteiger partial charge on any atom is -0.508 e. The number of rotatable bonds is 4. The van der Waals surface area contributed by atoms with Crippen LogP contribution in [0.2, 0.25) is 0 Å². The van der Waals surface area contributed by atoms with Crippen LogP contribution in [0, 0.1) is 0 Å². The van der Waals surface area contributed by atoms with E-state index in [1.165, 1.54) is 31.7 Å². The third-order valence-electron chi connectivity index (χ3n) is 5.34. The lowest BCUT2D eigenvalue weighted by Gasteiger charge is -2.08. The fourth-order valence-corrected chi connectivity index (χ4v) is 5.08. The van der Waals surface area contributed by atoms with Gasteiger partial charge in [-0.05, 0) is 52.6 Å². The molecule has 0 bridgehead atoms. The summed E-state index contributed by atoms with van der Waals surface area (Å²) in [5.74, 6) is 0.569. The lowest BCUT2D eigenvalue weighted by Crippen LogP contribution is -1.88. The molecule has 0 spiro atoms. The number of aromatic hydroxyl groups is 2. The van der Waals surface area contributed by atoms with Crippen molar-refractivity contribution in [3.8, 4) is 33.8 Å². The molecule has 4 aromatic carbocycles. The molecule has 0 aliphatic carbocycles. The summed E-state index contributed by atoms with van der Waals surface area (Å²) < 4.78 is 1.28. The van der Waals surface area contributed by atoms with Gasteiger partial charge >= 0.3 is 0 Å². The normalized spacial score (nSPS) is 11.1. The Morgan fingerprint density at radius 1 is 0.567 bits per heavy atom. The van der Waals surface area contributed by atoms with Gasteiger partial charge in [-0.3, -0.25) is 0 Å². The largest absolute Gasteiger partial charge is 0.508 e. The van der Waals surface area contributed by atoms with E-state index in [0.717, 1.165) is 17.5 Å². The topological polar surface area (TPSA) is 40.5 Å². The van der Waals surface area contributed by atoms with E-state index in [4.69, 9.17) is 0 Å². The van der Waals surface area contributed by atoms with Gasteiger partial charge in [-0.2, -0.15) is 0 Å². The Morgan fingerprint density at radius 3 is 1.77 bits per heavy atom. The molecular formula is C27H20O2S. The predicted molar refractivity (Wildman–Crippen MR) is 125 cm³/mol. The molecular weight excluding hydrogens is 388 g/mol. The van der Waals surface area contributed by atoms with Crippen molar-refractivity contribution in [2.24, 2.45) is 0 Å². The lowest BCUT2D eigenvalue weighted by atomic mass is 9.96. The summed E-state index contributed by atoms with van der Waals surface area (Å²) in [4.78, 5) is 1.32. The predicted octanol–water partition coefficient (Wildman–Crippen LogP) is 7.24. The Kier molecular flexibility index (Phi) is 4.74. The summed E-state index contributed by atoms with van der Waals surface area (Å²) in [5, 5.41) is 20.4. The van der Waals surface area contributed by atoms with E-state index in [2.05, 4.69) is 48.5 Å². The highest BCUT2D eigenvalue weighted by Gasteiger charge is 2.14. The quantitative estimate of drug-likeness (QED) is 0.329. The van der Waals surface area contributed by atoms with Crippen molar-refractivity contribution >= 4 is 21.4 Å². The molecule has 2 nitrogen and oxygen atoms in total. The van der Waals surface area contributed by atoms with Crippen LogP contribution >= 0.6 is 11.3 Å². The zero-order valence-corrected chi connectivity index (χ0v) is 17.1. The molecule has 30 heavy (non-hydrogen) atoms. The Morgan fingerprint density at radius 2 is 1.10 bits per heavy atom. The number of fused-ring (bicyclic) bond motifs is 1. The first-order valence-electron chi connectivity index (χ1n) is 9.85. The molecule has 146 valence electrons. The molecule has 0 radical (unpaired) electrons. The van der Waals surface area contributed by atoms with Gasteiger partial charge in [0.1, 0.15) is 11.5 Å². The van der Waals surface area contributed by atoms with E-state index in [1.807, 2.05) is 35.6 Å². The van der Waals surface area contributed by atoms with Crippen molar-refractivity contribution in [2.75, 3.05) is 0 Å². The number of hydrogen-bond donors (Lipinski definition) is 2. The molecule has 0 amide bonds. The fourth-order valence-electron chi connectivity index (χ4n) is 3.82. The summed E-state index contributed by atoms with van der Waals surface area (Å²) in [6.07, 6.45) is 0.828.